The van der Waals surface area contributed by atoms with Gasteiger partial charge >= 0.3 is 0 Å². The zero-order chi connectivity index (χ0) is 21.9. The van der Waals surface area contributed by atoms with Crippen molar-refractivity contribution in [2.75, 3.05) is 25.5 Å². The third-order valence-corrected chi connectivity index (χ3v) is 7.80. The second-order valence-electron chi connectivity index (χ2n) is 7.48. The lowest BCUT2D eigenvalue weighted by molar-refractivity contribution is -0.120. The van der Waals surface area contributed by atoms with Crippen LogP contribution in [0.25, 0.3) is 0 Å². The normalized spacial score (nSPS) is 17.5. The van der Waals surface area contributed by atoms with Crippen LogP contribution < -0.4 is 10.1 Å². The van der Waals surface area contributed by atoms with E-state index in [-0.39, 0.29) is 23.3 Å². The summed E-state index contributed by atoms with van der Waals surface area (Å²) in [6.45, 7) is 4.59. The minimum atomic E-state index is -3.66. The van der Waals surface area contributed by atoms with Crippen LogP contribution in [0.4, 0.5) is 5.69 Å². The van der Waals surface area contributed by atoms with Crippen LogP contribution in [0.2, 0.25) is 0 Å². The average molecular weight is 495 g/mol. The third kappa shape index (κ3) is 4.87. The number of rotatable bonds is 6. The molecule has 0 aliphatic carbocycles. The number of benzene rings is 2. The molecule has 8 heteroatoms. The predicted molar refractivity (Wildman–Crippen MR) is 121 cm³/mol. The number of carbonyl (C=O) groups excluding carboxylic acids is 1. The quantitative estimate of drug-likeness (QED) is 0.646. The number of hydrogen-bond donors (Lipinski definition) is 1. The maximum absolute atomic E-state index is 13.1. The molecule has 162 valence electrons. The van der Waals surface area contributed by atoms with Crippen LogP contribution in [0.3, 0.4) is 0 Å². The van der Waals surface area contributed by atoms with Crippen molar-refractivity contribution in [3.8, 4) is 5.75 Å². The third-order valence-electron chi connectivity index (χ3n) is 5.46. The highest BCUT2D eigenvalue weighted by atomic mass is 79.9. The van der Waals surface area contributed by atoms with Gasteiger partial charge in [-0.2, -0.15) is 4.31 Å². The standard InChI is InChI=1S/C22H27BrN2O4S/c1-4-16-13-18(23)12-15(2)21(16)24-22(26)17-6-5-11-25(14-17)30(27,28)20-9-7-19(29-3)8-10-20/h7-10,12-13,17H,4-6,11,14H2,1-3H3,(H,24,26)/t17-/m1/s1. The van der Waals surface area contributed by atoms with Gasteiger partial charge in [0.05, 0.1) is 17.9 Å². The summed E-state index contributed by atoms with van der Waals surface area (Å²) in [4.78, 5) is 13.2. The Hall–Kier alpha value is -1.90. The minimum Gasteiger partial charge on any atom is -0.497 e. The second kappa shape index (κ2) is 9.49. The lowest BCUT2D eigenvalue weighted by Gasteiger charge is -2.31. The van der Waals surface area contributed by atoms with Crippen LogP contribution in [0, 0.1) is 12.8 Å². The van der Waals surface area contributed by atoms with Gasteiger partial charge in [-0.15, -0.1) is 0 Å². The molecule has 6 nitrogen and oxygen atoms in total. The van der Waals surface area contributed by atoms with Crippen molar-refractivity contribution in [1.82, 2.24) is 4.31 Å². The van der Waals surface area contributed by atoms with Gasteiger partial charge in [0.1, 0.15) is 5.75 Å². The molecule has 1 heterocycles. The summed E-state index contributed by atoms with van der Waals surface area (Å²) >= 11 is 3.50. The molecule has 0 aromatic heterocycles. The first kappa shape index (κ1) is 22.8. The zero-order valence-electron chi connectivity index (χ0n) is 17.4. The average Bonchev–Trinajstić information content (AvgIpc) is 2.75. The summed E-state index contributed by atoms with van der Waals surface area (Å²) in [5.74, 6) is 0.0747. The Morgan fingerprint density at radius 1 is 1.27 bits per heavy atom. The molecule has 1 aliphatic rings. The largest absolute Gasteiger partial charge is 0.497 e. The van der Waals surface area contributed by atoms with Gasteiger partial charge in [-0.25, -0.2) is 8.42 Å². The first-order chi connectivity index (χ1) is 14.3. The predicted octanol–water partition coefficient (Wildman–Crippen LogP) is 4.37. The maximum atomic E-state index is 13.1. The summed E-state index contributed by atoms with van der Waals surface area (Å²) in [7, 11) is -2.13. The van der Waals surface area contributed by atoms with Crippen molar-refractivity contribution in [2.24, 2.45) is 5.92 Å². The van der Waals surface area contributed by atoms with E-state index >= 15 is 0 Å². The molecule has 2 aromatic rings. The van der Waals surface area contributed by atoms with E-state index in [1.165, 1.54) is 23.5 Å². The number of amides is 1. The molecule has 1 fully saturated rings. The number of carbonyl (C=O) groups is 1. The maximum Gasteiger partial charge on any atom is 0.243 e. The SMILES string of the molecule is CCc1cc(Br)cc(C)c1NC(=O)[C@@H]1CCCN(S(=O)(=O)c2ccc(OC)cc2)C1. The van der Waals surface area contributed by atoms with Crippen molar-refractivity contribution in [3.63, 3.8) is 0 Å². The first-order valence-electron chi connectivity index (χ1n) is 10.00. The van der Waals surface area contributed by atoms with Gasteiger partial charge in [-0.1, -0.05) is 22.9 Å². The lowest BCUT2D eigenvalue weighted by atomic mass is 9.98. The Balaban J connectivity index is 1.76. The van der Waals surface area contributed by atoms with Gasteiger partial charge in [0.2, 0.25) is 15.9 Å². The molecule has 2 aromatic carbocycles. The van der Waals surface area contributed by atoms with E-state index in [2.05, 4.69) is 21.2 Å². The Labute approximate surface area is 186 Å². The topological polar surface area (TPSA) is 75.7 Å². The van der Waals surface area contributed by atoms with Crippen molar-refractivity contribution in [3.05, 3.63) is 52.0 Å². The Morgan fingerprint density at radius 2 is 1.97 bits per heavy atom. The van der Waals surface area contributed by atoms with Crippen molar-refractivity contribution in [1.29, 1.82) is 0 Å². The fourth-order valence-electron chi connectivity index (χ4n) is 3.77. The van der Waals surface area contributed by atoms with Crippen LogP contribution in [-0.4, -0.2) is 38.8 Å². The van der Waals surface area contributed by atoms with E-state index in [1.54, 1.807) is 12.1 Å². The van der Waals surface area contributed by atoms with E-state index in [0.717, 1.165) is 27.7 Å². The minimum absolute atomic E-state index is 0.134. The lowest BCUT2D eigenvalue weighted by Crippen LogP contribution is -2.43. The Kier molecular flexibility index (Phi) is 7.21. The van der Waals surface area contributed by atoms with E-state index < -0.39 is 10.0 Å². The van der Waals surface area contributed by atoms with Gasteiger partial charge in [-0.3, -0.25) is 4.79 Å². The van der Waals surface area contributed by atoms with E-state index in [1.807, 2.05) is 26.0 Å². The molecule has 0 saturated carbocycles. The molecular weight excluding hydrogens is 468 g/mol. The smallest absolute Gasteiger partial charge is 0.243 e. The number of hydrogen-bond acceptors (Lipinski definition) is 4. The monoisotopic (exact) mass is 494 g/mol. The molecular formula is C22H27BrN2O4S. The van der Waals surface area contributed by atoms with Crippen LogP contribution >= 0.6 is 15.9 Å². The van der Waals surface area contributed by atoms with Gasteiger partial charge in [0, 0.05) is 23.2 Å². The van der Waals surface area contributed by atoms with Crippen LogP contribution in [0.5, 0.6) is 5.75 Å². The van der Waals surface area contributed by atoms with E-state index in [4.69, 9.17) is 4.74 Å². The molecule has 1 aliphatic heterocycles. The fraction of sp³-hybridized carbons (Fsp3) is 0.409. The summed E-state index contributed by atoms with van der Waals surface area (Å²) in [5, 5.41) is 3.06. The highest BCUT2D eigenvalue weighted by molar-refractivity contribution is 9.10. The summed E-state index contributed by atoms with van der Waals surface area (Å²) in [6.07, 6.45) is 2.10. The van der Waals surface area contributed by atoms with E-state index in [0.29, 0.717) is 25.1 Å². The number of nitrogens with zero attached hydrogens (tertiary/aromatic N) is 1. The number of piperidine rings is 1. The summed E-state index contributed by atoms with van der Waals surface area (Å²) < 4.78 is 33.6. The van der Waals surface area contributed by atoms with Crippen molar-refractivity contribution < 1.29 is 17.9 Å². The number of nitrogens with one attached hydrogen (secondary N) is 1. The molecule has 1 saturated heterocycles. The van der Waals surface area contributed by atoms with Crippen LogP contribution in [-0.2, 0) is 21.2 Å². The van der Waals surface area contributed by atoms with Gasteiger partial charge < -0.3 is 10.1 Å². The first-order valence-corrected chi connectivity index (χ1v) is 12.2. The van der Waals surface area contributed by atoms with Crippen LogP contribution in [0.1, 0.15) is 30.9 Å². The highest BCUT2D eigenvalue weighted by Crippen LogP contribution is 2.29. The molecule has 1 amide bonds. The van der Waals surface area contributed by atoms with Gasteiger partial charge in [0.15, 0.2) is 0 Å². The van der Waals surface area contributed by atoms with Crippen LogP contribution in [0.15, 0.2) is 45.8 Å². The molecule has 3 rings (SSSR count). The number of anilines is 1. The number of halogens is 1. The molecule has 30 heavy (non-hydrogen) atoms. The number of methoxy groups -OCH3 is 1. The Morgan fingerprint density at radius 3 is 2.60 bits per heavy atom. The van der Waals surface area contributed by atoms with Crippen molar-refractivity contribution >= 4 is 37.5 Å². The summed E-state index contributed by atoms with van der Waals surface area (Å²) in [6, 6.07) is 10.3. The van der Waals surface area contributed by atoms with Crippen molar-refractivity contribution in [2.45, 2.75) is 38.0 Å². The highest BCUT2D eigenvalue weighted by Gasteiger charge is 2.33. The van der Waals surface area contributed by atoms with Gasteiger partial charge in [0.25, 0.3) is 0 Å². The van der Waals surface area contributed by atoms with Gasteiger partial charge in [-0.05, 0) is 73.7 Å². The van der Waals surface area contributed by atoms with E-state index in [9.17, 15) is 13.2 Å². The second-order valence-corrected chi connectivity index (χ2v) is 10.3. The molecule has 0 unspecified atom stereocenters. The zero-order valence-corrected chi connectivity index (χ0v) is 19.8. The number of ether oxygens (including phenoxy) is 1. The molecule has 0 bridgehead atoms. The molecule has 0 spiro atoms. The summed E-state index contributed by atoms with van der Waals surface area (Å²) in [5.41, 5.74) is 2.85. The molecule has 1 atom stereocenters. The molecule has 0 radical (unpaired) electrons. The number of sulfonamides is 1. The Bertz CT molecular complexity index is 1020. The fourth-order valence-corrected chi connectivity index (χ4v) is 5.91. The number of aryl methyl sites for hydroxylation is 2. The molecule has 1 N–H and O–H groups in total.